The van der Waals surface area contributed by atoms with Gasteiger partial charge in [-0.1, -0.05) is 36.4 Å². The highest BCUT2D eigenvalue weighted by Crippen LogP contribution is 2.39. The van der Waals surface area contributed by atoms with Crippen molar-refractivity contribution in [2.75, 3.05) is 16.4 Å². The Balaban J connectivity index is 1.48. The smallest absolute Gasteiger partial charge is 0.221 e. The lowest BCUT2D eigenvalue weighted by molar-refractivity contribution is -0.245. The van der Waals surface area contributed by atoms with Crippen molar-refractivity contribution in [2.45, 2.75) is 50.3 Å². The fourth-order valence-corrected chi connectivity index (χ4v) is 4.90. The minimum Gasteiger partial charge on any atom is -0.392 e. The maximum absolute atomic E-state index is 11.3. The highest BCUT2D eigenvalue weighted by atomic mass is 32.2. The molecule has 1 saturated heterocycles. The summed E-state index contributed by atoms with van der Waals surface area (Å²) in [5, 5.41) is 14.9. The van der Waals surface area contributed by atoms with Crippen LogP contribution in [0.15, 0.2) is 77.7 Å². The maximum atomic E-state index is 11.3. The van der Waals surface area contributed by atoms with Gasteiger partial charge in [-0.25, -0.2) is 0 Å². The lowest BCUT2D eigenvalue weighted by Gasteiger charge is -2.36. The lowest BCUT2D eigenvalue weighted by atomic mass is 10.0. The minimum absolute atomic E-state index is 0.00181. The fraction of sp³-hybridized carbons (Fsp3) is 0.286. The summed E-state index contributed by atoms with van der Waals surface area (Å²) in [6.07, 6.45) is -0.100. The van der Waals surface area contributed by atoms with E-state index in [2.05, 4.69) is 10.6 Å². The standard InChI is InChI=1S/C28H30N2O5S/c1-18(32)29-23-9-7-22(8-10-23)28-34-25(15-27(35-28)21-5-3-20(16-31)4-6-21)17-36-26-13-11-24(12-14-26)30-19(2)33/h3-14,25,27-28,31H,15-17H2,1-2H3,(H,29,32)(H,30,33)/t25-,27+,28+/m0/s1. The Morgan fingerprint density at radius 2 is 1.39 bits per heavy atom. The molecular formula is C28H30N2O5S. The minimum atomic E-state index is -0.555. The van der Waals surface area contributed by atoms with Crippen molar-refractivity contribution < 1.29 is 24.2 Å². The summed E-state index contributed by atoms with van der Waals surface area (Å²) in [4.78, 5) is 23.7. The topological polar surface area (TPSA) is 96.9 Å². The molecule has 0 unspecified atom stereocenters. The van der Waals surface area contributed by atoms with Crippen LogP contribution < -0.4 is 10.6 Å². The molecule has 1 fully saturated rings. The third-order valence-corrected chi connectivity index (χ3v) is 6.87. The number of aliphatic hydroxyl groups excluding tert-OH is 1. The van der Waals surface area contributed by atoms with Gasteiger partial charge in [0.1, 0.15) is 0 Å². The molecule has 1 aliphatic rings. The molecule has 0 radical (unpaired) electrons. The summed E-state index contributed by atoms with van der Waals surface area (Å²) in [5.74, 6) is 0.510. The zero-order valence-corrected chi connectivity index (χ0v) is 21.1. The number of nitrogens with one attached hydrogen (secondary N) is 2. The Morgan fingerprint density at radius 3 is 1.94 bits per heavy atom. The molecule has 3 aromatic rings. The van der Waals surface area contributed by atoms with Crippen LogP contribution in [0.5, 0.6) is 0 Å². The molecule has 8 heteroatoms. The third kappa shape index (κ3) is 7.18. The van der Waals surface area contributed by atoms with Crippen LogP contribution in [0.1, 0.15) is 49.4 Å². The number of carbonyl (C=O) groups excluding carboxylic acids is 2. The van der Waals surface area contributed by atoms with Gasteiger partial charge in [-0.3, -0.25) is 9.59 Å². The molecule has 1 heterocycles. The van der Waals surface area contributed by atoms with Gasteiger partial charge in [0.15, 0.2) is 6.29 Å². The van der Waals surface area contributed by atoms with Crippen molar-refractivity contribution in [2.24, 2.45) is 0 Å². The second-order valence-electron chi connectivity index (χ2n) is 8.67. The van der Waals surface area contributed by atoms with Crippen LogP contribution in [0.25, 0.3) is 0 Å². The van der Waals surface area contributed by atoms with E-state index >= 15 is 0 Å². The maximum Gasteiger partial charge on any atom is 0.221 e. The summed E-state index contributed by atoms with van der Waals surface area (Å²) in [6.45, 7) is 2.96. The predicted molar refractivity (Wildman–Crippen MR) is 141 cm³/mol. The van der Waals surface area contributed by atoms with Crippen LogP contribution in [0, 0.1) is 0 Å². The molecular weight excluding hydrogens is 476 g/mol. The number of hydrogen-bond acceptors (Lipinski definition) is 6. The van der Waals surface area contributed by atoms with E-state index in [1.807, 2.05) is 72.8 Å². The summed E-state index contributed by atoms with van der Waals surface area (Å²) < 4.78 is 12.7. The van der Waals surface area contributed by atoms with Crippen molar-refractivity contribution in [1.82, 2.24) is 0 Å². The average molecular weight is 507 g/mol. The van der Waals surface area contributed by atoms with Crippen molar-refractivity contribution in [3.63, 3.8) is 0 Å². The van der Waals surface area contributed by atoms with Gasteiger partial charge < -0.3 is 25.2 Å². The molecule has 7 nitrogen and oxygen atoms in total. The Bertz CT molecular complexity index is 1170. The monoisotopic (exact) mass is 506 g/mol. The molecule has 188 valence electrons. The van der Waals surface area contributed by atoms with Crippen LogP contribution in [-0.2, 0) is 25.7 Å². The van der Waals surface area contributed by atoms with Gasteiger partial charge in [-0.05, 0) is 47.5 Å². The first-order valence-corrected chi connectivity index (χ1v) is 12.8. The highest BCUT2D eigenvalue weighted by molar-refractivity contribution is 7.99. The normalized spacial score (nSPS) is 19.5. The molecule has 0 bridgehead atoms. The van der Waals surface area contributed by atoms with E-state index < -0.39 is 6.29 Å². The van der Waals surface area contributed by atoms with E-state index in [4.69, 9.17) is 9.47 Å². The van der Waals surface area contributed by atoms with Gasteiger partial charge in [-0.2, -0.15) is 0 Å². The van der Waals surface area contributed by atoms with Crippen molar-refractivity contribution in [1.29, 1.82) is 0 Å². The summed E-state index contributed by atoms with van der Waals surface area (Å²) in [6, 6.07) is 23.0. The van der Waals surface area contributed by atoms with E-state index in [1.54, 1.807) is 11.8 Å². The first kappa shape index (κ1) is 25.9. The van der Waals surface area contributed by atoms with E-state index in [0.717, 1.165) is 33.0 Å². The lowest BCUT2D eigenvalue weighted by Crippen LogP contribution is -2.31. The van der Waals surface area contributed by atoms with Crippen molar-refractivity contribution in [3.05, 3.63) is 89.5 Å². The van der Waals surface area contributed by atoms with E-state index in [9.17, 15) is 14.7 Å². The number of benzene rings is 3. The number of aliphatic hydroxyl groups is 1. The van der Waals surface area contributed by atoms with Crippen molar-refractivity contribution in [3.8, 4) is 0 Å². The van der Waals surface area contributed by atoms with Crippen LogP contribution >= 0.6 is 11.8 Å². The largest absolute Gasteiger partial charge is 0.392 e. The molecule has 1 aliphatic heterocycles. The van der Waals surface area contributed by atoms with Gasteiger partial charge in [-0.15, -0.1) is 11.8 Å². The first-order chi connectivity index (χ1) is 17.4. The molecule has 3 atom stereocenters. The first-order valence-electron chi connectivity index (χ1n) is 11.8. The summed E-state index contributed by atoms with van der Waals surface area (Å²) >= 11 is 1.69. The SMILES string of the molecule is CC(=O)Nc1ccc(SC[C@@H]2C[C@H](c3ccc(CO)cc3)O[C@H](c3ccc(NC(C)=O)cc3)O2)cc1. The zero-order valence-electron chi connectivity index (χ0n) is 20.3. The zero-order chi connectivity index (χ0) is 25.5. The number of ether oxygens (including phenoxy) is 2. The van der Waals surface area contributed by atoms with Gasteiger partial charge in [0.2, 0.25) is 11.8 Å². The van der Waals surface area contributed by atoms with Crippen molar-refractivity contribution >= 4 is 35.0 Å². The number of thioether (sulfide) groups is 1. The third-order valence-electron chi connectivity index (χ3n) is 5.73. The number of anilines is 2. The van der Waals surface area contributed by atoms with Gasteiger partial charge in [0.05, 0.1) is 18.8 Å². The number of hydrogen-bond donors (Lipinski definition) is 3. The van der Waals surface area contributed by atoms with Crippen LogP contribution in [-0.4, -0.2) is 28.8 Å². The van der Waals surface area contributed by atoms with Gasteiger partial charge in [0, 0.05) is 47.9 Å². The van der Waals surface area contributed by atoms with Crippen LogP contribution in [0.4, 0.5) is 11.4 Å². The second kappa shape index (κ2) is 12.2. The molecule has 0 aromatic heterocycles. The highest BCUT2D eigenvalue weighted by Gasteiger charge is 2.32. The summed E-state index contributed by atoms with van der Waals surface area (Å²) in [7, 11) is 0. The van der Waals surface area contributed by atoms with Gasteiger partial charge >= 0.3 is 0 Å². The van der Waals surface area contributed by atoms with Crippen LogP contribution in [0.2, 0.25) is 0 Å². The van der Waals surface area contributed by atoms with E-state index in [1.165, 1.54) is 13.8 Å². The molecule has 3 N–H and O–H groups in total. The number of amides is 2. The average Bonchev–Trinajstić information content (AvgIpc) is 2.88. The van der Waals surface area contributed by atoms with Crippen LogP contribution in [0.3, 0.4) is 0 Å². The molecule has 4 rings (SSSR count). The number of rotatable bonds is 8. The quantitative estimate of drug-likeness (QED) is 0.353. The van der Waals surface area contributed by atoms with E-state index in [-0.39, 0.29) is 30.6 Å². The molecule has 36 heavy (non-hydrogen) atoms. The molecule has 0 spiro atoms. The fourth-order valence-electron chi connectivity index (χ4n) is 3.98. The Hall–Kier alpha value is -3.17. The number of carbonyl (C=O) groups is 2. The molecule has 3 aromatic carbocycles. The van der Waals surface area contributed by atoms with Gasteiger partial charge in [0.25, 0.3) is 0 Å². The molecule has 0 saturated carbocycles. The molecule has 2 amide bonds. The Labute approximate surface area is 215 Å². The Morgan fingerprint density at radius 1 is 0.833 bits per heavy atom. The Kier molecular flexibility index (Phi) is 8.77. The van der Waals surface area contributed by atoms with E-state index in [0.29, 0.717) is 12.1 Å². The molecule has 0 aliphatic carbocycles. The predicted octanol–water partition coefficient (Wildman–Crippen LogP) is 5.43. The summed E-state index contributed by atoms with van der Waals surface area (Å²) in [5.41, 5.74) is 4.24. The second-order valence-corrected chi connectivity index (χ2v) is 9.76.